The van der Waals surface area contributed by atoms with Gasteiger partial charge < -0.3 is 23.7 Å². The second-order valence-corrected chi connectivity index (χ2v) is 9.75. The normalized spacial score (nSPS) is 23.9. The van der Waals surface area contributed by atoms with E-state index < -0.39 is 30.1 Å². The Bertz CT molecular complexity index is 1200. The van der Waals surface area contributed by atoms with Crippen LogP contribution in [0.25, 0.3) is 17.2 Å². The number of methoxy groups -OCH3 is 1. The molecule has 0 aliphatic carbocycles. The molecule has 0 saturated carbocycles. The minimum atomic E-state index is -0.864. The lowest BCUT2D eigenvalue weighted by molar-refractivity contribution is -0.154. The first-order valence-corrected chi connectivity index (χ1v) is 12.5. The fourth-order valence-corrected chi connectivity index (χ4v) is 4.49. The van der Waals surface area contributed by atoms with Gasteiger partial charge in [-0.3, -0.25) is 4.79 Å². The molecule has 0 unspecified atom stereocenters. The number of carbonyl (C=O) groups is 2. The van der Waals surface area contributed by atoms with Crippen LogP contribution in [0.4, 0.5) is 0 Å². The molecule has 2 aromatic rings. The van der Waals surface area contributed by atoms with Gasteiger partial charge in [0.2, 0.25) is 0 Å². The number of cyclic esters (lactones) is 1. The molecular formula is C30H34O7. The molecule has 2 heterocycles. The van der Waals surface area contributed by atoms with Gasteiger partial charge in [-0.25, -0.2) is 4.79 Å². The van der Waals surface area contributed by atoms with Gasteiger partial charge in [-0.05, 0) is 68.5 Å². The molecule has 2 aliphatic rings. The summed E-state index contributed by atoms with van der Waals surface area (Å²) in [6.45, 7) is 7.21. The first kappa shape index (κ1) is 26.8. The van der Waals surface area contributed by atoms with E-state index in [0.29, 0.717) is 23.3 Å². The average molecular weight is 507 g/mol. The average Bonchev–Trinajstić information content (AvgIpc) is 3.19. The molecule has 2 aromatic carbocycles. The number of ketones is 1. The van der Waals surface area contributed by atoms with Crippen LogP contribution in [0.1, 0.15) is 56.5 Å². The van der Waals surface area contributed by atoms with Crippen molar-refractivity contribution in [1.82, 2.24) is 0 Å². The van der Waals surface area contributed by atoms with Crippen molar-refractivity contribution >= 4 is 17.8 Å². The zero-order chi connectivity index (χ0) is 26.6. The number of carbonyl (C=O) groups excluding carboxylic acids is 2. The molecular weight excluding hydrogens is 472 g/mol. The van der Waals surface area contributed by atoms with Crippen LogP contribution in [-0.4, -0.2) is 49.8 Å². The lowest BCUT2D eigenvalue weighted by atomic mass is 9.96. The van der Waals surface area contributed by atoms with Crippen molar-refractivity contribution in [3.8, 4) is 16.9 Å². The first-order valence-electron chi connectivity index (χ1n) is 12.5. The highest BCUT2D eigenvalue weighted by molar-refractivity contribution is 5.98. The van der Waals surface area contributed by atoms with Gasteiger partial charge >= 0.3 is 5.97 Å². The quantitative estimate of drug-likeness (QED) is 0.298. The van der Waals surface area contributed by atoms with Crippen LogP contribution in [0.5, 0.6) is 5.75 Å². The zero-order valence-electron chi connectivity index (χ0n) is 22.0. The smallest absolute Gasteiger partial charge is 0.343 e. The Labute approximate surface area is 218 Å². The SMILES string of the molecule is COCOc1cc(-c2ccccc2)cc2c1C(=O)O[C@@H](C)C(C)=CCC(=O)[C@H]1OC(C)(C)O[C@H]1CC=C2. The Morgan fingerprint density at radius 1 is 1.05 bits per heavy atom. The van der Waals surface area contributed by atoms with Crippen molar-refractivity contribution in [2.24, 2.45) is 0 Å². The van der Waals surface area contributed by atoms with Gasteiger partial charge in [-0.1, -0.05) is 48.6 Å². The Kier molecular flexibility index (Phi) is 8.27. The topological polar surface area (TPSA) is 80.3 Å². The summed E-state index contributed by atoms with van der Waals surface area (Å²) < 4.78 is 28.9. The van der Waals surface area contributed by atoms with E-state index in [1.807, 2.05) is 75.4 Å². The van der Waals surface area contributed by atoms with Gasteiger partial charge in [0.1, 0.15) is 23.5 Å². The van der Waals surface area contributed by atoms with Gasteiger partial charge in [-0.2, -0.15) is 0 Å². The number of allylic oxidation sites excluding steroid dienone is 1. The number of fused-ring (bicyclic) bond motifs is 2. The minimum absolute atomic E-state index is 0.0255. The number of ether oxygens (including phenoxy) is 5. The van der Waals surface area contributed by atoms with E-state index >= 15 is 0 Å². The van der Waals surface area contributed by atoms with Crippen molar-refractivity contribution in [1.29, 1.82) is 0 Å². The molecule has 0 amide bonds. The van der Waals surface area contributed by atoms with Crippen LogP contribution < -0.4 is 4.74 Å². The third-order valence-corrected chi connectivity index (χ3v) is 6.49. The van der Waals surface area contributed by atoms with E-state index in [2.05, 4.69) is 0 Å². The maximum atomic E-state index is 13.5. The van der Waals surface area contributed by atoms with Crippen molar-refractivity contribution < 1.29 is 33.3 Å². The molecule has 4 rings (SSSR count). The summed E-state index contributed by atoms with van der Waals surface area (Å²) in [7, 11) is 1.53. The second-order valence-electron chi connectivity index (χ2n) is 9.75. The molecule has 7 heteroatoms. The van der Waals surface area contributed by atoms with Gasteiger partial charge in [0, 0.05) is 13.5 Å². The largest absolute Gasteiger partial charge is 0.467 e. The van der Waals surface area contributed by atoms with Gasteiger partial charge in [0.15, 0.2) is 18.4 Å². The van der Waals surface area contributed by atoms with E-state index in [9.17, 15) is 9.59 Å². The second kappa shape index (κ2) is 11.4. The lowest BCUT2D eigenvalue weighted by Crippen LogP contribution is -2.31. The molecule has 7 nitrogen and oxygen atoms in total. The fraction of sp³-hybridized carbons (Fsp3) is 0.400. The van der Waals surface area contributed by atoms with Crippen LogP contribution in [0.3, 0.4) is 0 Å². The number of hydrogen-bond donors (Lipinski definition) is 0. The molecule has 0 spiro atoms. The highest BCUT2D eigenvalue weighted by Gasteiger charge is 2.44. The molecule has 0 N–H and O–H groups in total. The van der Waals surface area contributed by atoms with Crippen LogP contribution in [-0.2, 0) is 23.7 Å². The van der Waals surface area contributed by atoms with Gasteiger partial charge in [0.05, 0.1) is 6.10 Å². The standard InChI is InChI=1S/C30H34O7/c1-19-14-15-24(31)28-25(36-30(3,4)37-28)13-9-12-22-16-23(21-10-7-6-8-11-21)17-26(34-18-33-5)27(22)29(32)35-20(19)2/h6-12,14,16-17,20,25,28H,13,15,18H2,1-5H3/t20-,25-,28+/m0/s1. The van der Waals surface area contributed by atoms with Crippen molar-refractivity contribution in [2.45, 2.75) is 64.6 Å². The summed E-state index contributed by atoms with van der Waals surface area (Å²) in [4.78, 5) is 26.5. The van der Waals surface area contributed by atoms with Gasteiger partial charge in [0.25, 0.3) is 0 Å². The van der Waals surface area contributed by atoms with E-state index in [0.717, 1.165) is 16.7 Å². The van der Waals surface area contributed by atoms with Crippen molar-refractivity contribution in [2.75, 3.05) is 13.9 Å². The molecule has 1 fully saturated rings. The maximum Gasteiger partial charge on any atom is 0.343 e. The molecule has 196 valence electrons. The van der Waals surface area contributed by atoms with Crippen LogP contribution in [0, 0.1) is 0 Å². The summed E-state index contributed by atoms with van der Waals surface area (Å²) in [5, 5.41) is 0. The lowest BCUT2D eigenvalue weighted by Gasteiger charge is -2.20. The zero-order valence-corrected chi connectivity index (χ0v) is 22.0. The Morgan fingerprint density at radius 2 is 1.81 bits per heavy atom. The molecule has 3 atom stereocenters. The third-order valence-electron chi connectivity index (χ3n) is 6.49. The molecule has 37 heavy (non-hydrogen) atoms. The summed E-state index contributed by atoms with van der Waals surface area (Å²) in [5.74, 6) is -1.09. The number of benzene rings is 2. The van der Waals surface area contributed by atoms with Gasteiger partial charge in [-0.15, -0.1) is 0 Å². The highest BCUT2D eigenvalue weighted by atomic mass is 16.8. The summed E-state index contributed by atoms with van der Waals surface area (Å²) >= 11 is 0. The highest BCUT2D eigenvalue weighted by Crippen LogP contribution is 2.35. The molecule has 0 radical (unpaired) electrons. The van der Waals surface area contributed by atoms with Crippen LogP contribution in [0.2, 0.25) is 0 Å². The molecule has 2 aliphatic heterocycles. The van der Waals surface area contributed by atoms with Crippen molar-refractivity contribution in [3.05, 3.63) is 71.3 Å². The van der Waals surface area contributed by atoms with E-state index in [1.54, 1.807) is 13.0 Å². The van der Waals surface area contributed by atoms with Crippen LogP contribution >= 0.6 is 0 Å². The summed E-state index contributed by atoms with van der Waals surface area (Å²) in [5.41, 5.74) is 3.56. The number of Topliss-reactive ketones (excluding diaryl/α,β-unsaturated/α-hetero) is 1. The van der Waals surface area contributed by atoms with Crippen molar-refractivity contribution in [3.63, 3.8) is 0 Å². The maximum absolute atomic E-state index is 13.5. The van der Waals surface area contributed by atoms with Crippen LogP contribution in [0.15, 0.2) is 60.2 Å². The summed E-state index contributed by atoms with van der Waals surface area (Å²) in [6, 6.07) is 13.6. The third kappa shape index (κ3) is 6.36. The summed E-state index contributed by atoms with van der Waals surface area (Å²) in [6.07, 6.45) is 4.46. The molecule has 0 aromatic heterocycles. The van der Waals surface area contributed by atoms with E-state index in [-0.39, 0.29) is 19.0 Å². The Balaban J connectivity index is 1.82. The predicted molar refractivity (Wildman–Crippen MR) is 140 cm³/mol. The minimum Gasteiger partial charge on any atom is -0.467 e. The molecule has 1 saturated heterocycles. The number of rotatable bonds is 4. The first-order chi connectivity index (χ1) is 17.7. The Hall–Kier alpha value is -3.26. The fourth-order valence-electron chi connectivity index (χ4n) is 4.49. The monoisotopic (exact) mass is 506 g/mol. The van der Waals surface area contributed by atoms with E-state index in [1.165, 1.54) is 7.11 Å². The molecule has 0 bridgehead atoms. The predicted octanol–water partition coefficient (Wildman–Crippen LogP) is 5.72. The Morgan fingerprint density at radius 3 is 2.54 bits per heavy atom. The number of esters is 1. The van der Waals surface area contributed by atoms with E-state index in [4.69, 9.17) is 23.7 Å². The number of hydrogen-bond acceptors (Lipinski definition) is 7.